The Labute approximate surface area is 218 Å². The Morgan fingerprint density at radius 2 is 1.92 bits per heavy atom. The Bertz CT molecular complexity index is 1540. The summed E-state index contributed by atoms with van der Waals surface area (Å²) in [6, 6.07) is 6.61. The summed E-state index contributed by atoms with van der Waals surface area (Å²) < 4.78 is 54.1. The van der Waals surface area contributed by atoms with Crippen molar-refractivity contribution < 1.29 is 27.5 Å². The fraction of sp³-hybridized carbons (Fsp3) is 0.310. The number of aromatic nitrogens is 2. The van der Waals surface area contributed by atoms with Crippen molar-refractivity contribution in [2.45, 2.75) is 44.9 Å². The number of carboxylic acid groups (broad SMARTS) is 1. The lowest BCUT2D eigenvalue weighted by Crippen LogP contribution is -2.48. The van der Waals surface area contributed by atoms with Gasteiger partial charge in [0.05, 0.1) is 6.20 Å². The third-order valence-electron chi connectivity index (χ3n) is 6.86. The van der Waals surface area contributed by atoms with Crippen molar-refractivity contribution >= 4 is 23.0 Å². The molecule has 0 spiro atoms. The van der Waals surface area contributed by atoms with E-state index in [0.29, 0.717) is 17.8 Å². The highest BCUT2D eigenvalue weighted by atomic mass is 19.1. The van der Waals surface area contributed by atoms with Crippen molar-refractivity contribution in [1.82, 2.24) is 14.7 Å². The highest BCUT2D eigenvalue weighted by Gasteiger charge is 2.42. The first-order chi connectivity index (χ1) is 17.9. The third-order valence-corrected chi connectivity index (χ3v) is 6.86. The highest BCUT2D eigenvalue weighted by Crippen LogP contribution is 2.45. The van der Waals surface area contributed by atoms with Crippen LogP contribution in [0.5, 0.6) is 0 Å². The number of carboxylic acids is 1. The van der Waals surface area contributed by atoms with Crippen molar-refractivity contribution in [2.24, 2.45) is 7.05 Å². The predicted octanol–water partition coefficient (Wildman–Crippen LogP) is 6.29. The summed E-state index contributed by atoms with van der Waals surface area (Å²) in [6.45, 7) is 4.69. The van der Waals surface area contributed by atoms with Crippen LogP contribution in [0.4, 0.5) is 13.2 Å². The van der Waals surface area contributed by atoms with E-state index in [2.05, 4.69) is 5.10 Å². The quantitative estimate of drug-likeness (QED) is 0.301. The predicted molar refractivity (Wildman–Crippen MR) is 138 cm³/mol. The molecule has 0 bridgehead atoms. The van der Waals surface area contributed by atoms with Crippen LogP contribution < -0.4 is 0 Å². The second-order valence-electron chi connectivity index (χ2n) is 10.5. The fourth-order valence-electron chi connectivity index (χ4n) is 5.27. The van der Waals surface area contributed by atoms with Gasteiger partial charge < -0.3 is 9.52 Å². The van der Waals surface area contributed by atoms with E-state index in [9.17, 15) is 9.18 Å². The van der Waals surface area contributed by atoms with Crippen molar-refractivity contribution in [3.8, 4) is 11.1 Å². The van der Waals surface area contributed by atoms with E-state index < -0.39 is 29.3 Å². The summed E-state index contributed by atoms with van der Waals surface area (Å²) in [6.07, 6.45) is 6.10. The number of alkyl halides is 1. The van der Waals surface area contributed by atoms with Crippen LogP contribution in [0, 0.1) is 11.6 Å². The molecular formula is C29H28F3N3O3. The maximum absolute atomic E-state index is 15.6. The molecule has 9 heteroatoms. The molecule has 2 aromatic carbocycles. The number of rotatable bonds is 6. The number of aryl methyl sites for hydroxylation is 1. The summed E-state index contributed by atoms with van der Waals surface area (Å²) >= 11 is 0. The zero-order valence-corrected chi connectivity index (χ0v) is 21.5. The summed E-state index contributed by atoms with van der Waals surface area (Å²) in [7, 11) is 1.83. The smallest absolute Gasteiger partial charge is 0.328 e. The summed E-state index contributed by atoms with van der Waals surface area (Å²) in [5.41, 5.74) is 1.41. The van der Waals surface area contributed by atoms with Crippen LogP contribution in [0.2, 0.25) is 0 Å². The van der Waals surface area contributed by atoms with Gasteiger partial charge in [0.1, 0.15) is 34.7 Å². The number of hydrogen-bond acceptors (Lipinski definition) is 4. The number of aliphatic carboxylic acids is 1. The number of furan rings is 1. The lowest BCUT2D eigenvalue weighted by atomic mass is 9.87. The molecular weight excluding hydrogens is 495 g/mol. The molecule has 0 radical (unpaired) electrons. The third kappa shape index (κ3) is 4.86. The molecule has 198 valence electrons. The monoisotopic (exact) mass is 523 g/mol. The van der Waals surface area contributed by atoms with Crippen LogP contribution in [0.25, 0.3) is 28.2 Å². The number of nitrogens with zero attached hydrogens (tertiary/aromatic N) is 3. The number of fused-ring (bicyclic) bond motifs is 3. The summed E-state index contributed by atoms with van der Waals surface area (Å²) in [5.74, 6) is -2.58. The van der Waals surface area contributed by atoms with Gasteiger partial charge >= 0.3 is 5.97 Å². The molecule has 2 aromatic heterocycles. The number of hydrogen-bond donors (Lipinski definition) is 1. The van der Waals surface area contributed by atoms with Gasteiger partial charge in [-0.05, 0) is 68.7 Å². The molecule has 3 heterocycles. The van der Waals surface area contributed by atoms with Crippen molar-refractivity contribution in [3.05, 3.63) is 82.9 Å². The minimum atomic E-state index is -1.64. The van der Waals surface area contributed by atoms with Gasteiger partial charge in [0.2, 0.25) is 0 Å². The lowest BCUT2D eigenvalue weighted by molar-refractivity contribution is -0.131. The Balaban J connectivity index is 1.69. The molecule has 0 aliphatic carbocycles. The van der Waals surface area contributed by atoms with Crippen LogP contribution in [0.3, 0.4) is 0 Å². The Hall–Kier alpha value is -3.85. The Kier molecular flexibility index (Phi) is 6.43. The summed E-state index contributed by atoms with van der Waals surface area (Å²) in [4.78, 5) is 12.6. The van der Waals surface area contributed by atoms with Crippen LogP contribution >= 0.6 is 0 Å². The van der Waals surface area contributed by atoms with Gasteiger partial charge in [-0.25, -0.2) is 18.0 Å². The van der Waals surface area contributed by atoms with Gasteiger partial charge in [-0.3, -0.25) is 9.58 Å². The number of carbonyl (C=O) groups is 1. The van der Waals surface area contributed by atoms with Gasteiger partial charge in [0.25, 0.3) is 0 Å². The van der Waals surface area contributed by atoms with E-state index in [0.717, 1.165) is 46.4 Å². The zero-order valence-electron chi connectivity index (χ0n) is 21.5. The van der Waals surface area contributed by atoms with Gasteiger partial charge in [-0.2, -0.15) is 5.10 Å². The van der Waals surface area contributed by atoms with Crippen LogP contribution in [0.1, 0.15) is 49.3 Å². The maximum Gasteiger partial charge on any atom is 0.328 e. The van der Waals surface area contributed by atoms with E-state index in [4.69, 9.17) is 9.52 Å². The van der Waals surface area contributed by atoms with E-state index in [1.54, 1.807) is 15.8 Å². The van der Waals surface area contributed by atoms with Crippen LogP contribution in [0.15, 0.2) is 53.2 Å². The molecule has 6 nitrogen and oxygen atoms in total. The maximum atomic E-state index is 15.6. The standard InChI is InChI=1S/C29H28F3N3O3/c1-16-9-21-20-12-18(19-13-33-34(4)14-19)6-7-24(20)38-28(21)27(35(16)15-29(2,3)32)26-22(30)10-17(11-23(26)31)5-8-25(36)37/h5-8,10-14,16,27H,9,15H2,1-4H3,(H,36,37)/b8-5+/t16-,27-/m0/s1. The molecule has 4 aromatic rings. The molecule has 0 amide bonds. The molecule has 5 rings (SSSR count). The van der Waals surface area contributed by atoms with Crippen LogP contribution in [-0.4, -0.2) is 44.0 Å². The van der Waals surface area contributed by atoms with Gasteiger partial charge in [0.15, 0.2) is 0 Å². The molecule has 38 heavy (non-hydrogen) atoms. The molecule has 1 aliphatic rings. The minimum Gasteiger partial charge on any atom is -0.478 e. The van der Waals surface area contributed by atoms with E-state index in [-0.39, 0.29) is 23.7 Å². The second-order valence-corrected chi connectivity index (χ2v) is 10.5. The van der Waals surface area contributed by atoms with E-state index in [1.807, 2.05) is 38.4 Å². The highest BCUT2D eigenvalue weighted by molar-refractivity contribution is 5.88. The molecule has 2 atom stereocenters. The first-order valence-corrected chi connectivity index (χ1v) is 12.3. The molecule has 0 fully saturated rings. The molecule has 1 aliphatic heterocycles. The van der Waals surface area contributed by atoms with Crippen LogP contribution in [-0.2, 0) is 18.3 Å². The van der Waals surface area contributed by atoms with E-state index >= 15 is 8.78 Å². The molecule has 0 unspecified atom stereocenters. The van der Waals surface area contributed by atoms with Gasteiger partial charge in [0, 0.05) is 54.0 Å². The first kappa shape index (κ1) is 25.8. The second kappa shape index (κ2) is 9.47. The lowest BCUT2D eigenvalue weighted by Gasteiger charge is -2.42. The largest absolute Gasteiger partial charge is 0.478 e. The van der Waals surface area contributed by atoms with Crippen molar-refractivity contribution in [3.63, 3.8) is 0 Å². The molecule has 1 N–H and O–H groups in total. The van der Waals surface area contributed by atoms with Crippen molar-refractivity contribution in [2.75, 3.05) is 6.54 Å². The van der Waals surface area contributed by atoms with Gasteiger partial charge in [-0.1, -0.05) is 6.07 Å². The first-order valence-electron chi connectivity index (χ1n) is 12.3. The van der Waals surface area contributed by atoms with Crippen molar-refractivity contribution in [1.29, 1.82) is 0 Å². The number of halogens is 3. The normalized spacial score (nSPS) is 18.4. The number of benzene rings is 2. The topological polar surface area (TPSA) is 71.5 Å². The zero-order chi connectivity index (χ0) is 27.4. The van der Waals surface area contributed by atoms with Gasteiger partial charge in [-0.15, -0.1) is 0 Å². The molecule has 0 saturated heterocycles. The summed E-state index contributed by atoms with van der Waals surface area (Å²) in [5, 5.41) is 14.0. The average molecular weight is 524 g/mol. The average Bonchev–Trinajstić information content (AvgIpc) is 3.41. The fourth-order valence-corrected chi connectivity index (χ4v) is 5.27. The Morgan fingerprint density at radius 1 is 1.21 bits per heavy atom. The molecule has 0 saturated carbocycles. The Morgan fingerprint density at radius 3 is 2.53 bits per heavy atom. The minimum absolute atomic E-state index is 0.0679. The SMILES string of the molecule is C[C@H]1Cc2c(oc3ccc(-c4cnn(C)c4)cc23)[C@H](c2c(F)cc(/C=C/C(=O)O)cc2F)N1CC(C)(C)F. The van der Waals surface area contributed by atoms with E-state index in [1.165, 1.54) is 13.8 Å².